The van der Waals surface area contributed by atoms with Crippen molar-refractivity contribution in [2.75, 3.05) is 11.5 Å². The van der Waals surface area contributed by atoms with Gasteiger partial charge in [0.15, 0.2) is 5.37 Å². The third kappa shape index (κ3) is 5.13. The maximum atomic E-state index is 13.8. The van der Waals surface area contributed by atoms with Crippen molar-refractivity contribution in [2.24, 2.45) is 0 Å². The zero-order chi connectivity index (χ0) is 27.0. The summed E-state index contributed by atoms with van der Waals surface area (Å²) in [6, 6.07) is 19.2. The zero-order valence-corrected chi connectivity index (χ0v) is 21.9. The minimum Gasteiger partial charge on any atom is -0.494 e. The van der Waals surface area contributed by atoms with Gasteiger partial charge in [-0.15, -0.1) is 0 Å². The van der Waals surface area contributed by atoms with E-state index in [4.69, 9.17) is 4.74 Å². The summed E-state index contributed by atoms with van der Waals surface area (Å²) >= 11 is 0. The van der Waals surface area contributed by atoms with Crippen LogP contribution in [0.15, 0.2) is 77.7 Å². The lowest BCUT2D eigenvalue weighted by molar-refractivity contribution is -0.384. The normalized spacial score (nSPS) is 18.3. The number of carbonyl (C=O) groups excluding carboxylic acids is 1. The summed E-state index contributed by atoms with van der Waals surface area (Å²) in [6.07, 6.45) is 1.36. The van der Waals surface area contributed by atoms with Gasteiger partial charge in [0, 0.05) is 17.8 Å². The predicted molar refractivity (Wildman–Crippen MR) is 143 cm³/mol. The number of nitrogens with zero attached hydrogens (tertiary/aromatic N) is 2. The molecule has 1 aliphatic heterocycles. The number of ether oxygens (including phenoxy) is 1. The topological polar surface area (TPSA) is 107 Å². The van der Waals surface area contributed by atoms with Gasteiger partial charge >= 0.3 is 0 Å². The maximum absolute atomic E-state index is 13.8. The Morgan fingerprint density at radius 2 is 1.68 bits per heavy atom. The molecule has 9 heteroatoms. The number of hydrogen-bond acceptors (Lipinski definition) is 6. The molecule has 0 aromatic heterocycles. The van der Waals surface area contributed by atoms with Crippen LogP contribution in [0.3, 0.4) is 0 Å². The smallest absolute Gasteiger partial charge is 0.271 e. The average Bonchev–Trinajstić information content (AvgIpc) is 3.05. The molecule has 3 aromatic carbocycles. The van der Waals surface area contributed by atoms with E-state index >= 15 is 0 Å². The molecular formula is C28H28N2O6S. The fraction of sp³-hybridized carbons (Fsp3) is 0.250. The maximum Gasteiger partial charge on any atom is 0.271 e. The SMILES string of the molecule is CCOc1ccc(N2C(=O)/C(=C\c3ccc(C(C)(C)C)cc3)S(=O)(=O)C2c2cccc([N+](=O)[O-])c2)cc1. The molecule has 4 rings (SSSR count). The van der Waals surface area contributed by atoms with Gasteiger partial charge in [0.1, 0.15) is 10.7 Å². The summed E-state index contributed by atoms with van der Waals surface area (Å²) in [5.41, 5.74) is 1.75. The van der Waals surface area contributed by atoms with Crippen LogP contribution < -0.4 is 9.64 Å². The van der Waals surface area contributed by atoms with E-state index in [2.05, 4.69) is 20.8 Å². The van der Waals surface area contributed by atoms with E-state index < -0.39 is 26.0 Å². The van der Waals surface area contributed by atoms with Crippen LogP contribution in [0.1, 0.15) is 49.8 Å². The minimum absolute atomic E-state index is 0.0848. The number of nitro benzene ring substituents is 1. The minimum atomic E-state index is -4.24. The van der Waals surface area contributed by atoms with Crippen LogP contribution in [0.5, 0.6) is 5.75 Å². The van der Waals surface area contributed by atoms with Crippen LogP contribution in [0, 0.1) is 10.1 Å². The second kappa shape index (κ2) is 9.82. The molecule has 0 aliphatic carbocycles. The van der Waals surface area contributed by atoms with Crippen LogP contribution >= 0.6 is 0 Å². The van der Waals surface area contributed by atoms with Crippen molar-refractivity contribution in [3.63, 3.8) is 0 Å². The summed E-state index contributed by atoms with van der Waals surface area (Å²) in [6.45, 7) is 8.51. The third-order valence-corrected chi connectivity index (χ3v) is 8.11. The van der Waals surface area contributed by atoms with Gasteiger partial charge in [-0.05, 0) is 59.4 Å². The van der Waals surface area contributed by atoms with E-state index in [1.807, 2.05) is 19.1 Å². The van der Waals surface area contributed by atoms with Crippen LogP contribution in [0.25, 0.3) is 6.08 Å². The van der Waals surface area contributed by atoms with E-state index in [1.165, 1.54) is 35.2 Å². The fourth-order valence-electron chi connectivity index (χ4n) is 4.22. The number of sulfone groups is 1. The fourth-order valence-corrected chi connectivity index (χ4v) is 6.11. The Kier molecular flexibility index (Phi) is 6.92. The monoisotopic (exact) mass is 520 g/mol. The second-order valence-electron chi connectivity index (χ2n) is 9.73. The van der Waals surface area contributed by atoms with Gasteiger partial charge in [0.25, 0.3) is 11.6 Å². The Balaban J connectivity index is 1.86. The molecule has 0 N–H and O–H groups in total. The number of non-ortho nitro benzene ring substituents is 1. The van der Waals surface area contributed by atoms with E-state index in [1.54, 1.807) is 36.4 Å². The van der Waals surface area contributed by atoms with Crippen molar-refractivity contribution in [1.82, 2.24) is 0 Å². The quantitative estimate of drug-likeness (QED) is 0.231. The van der Waals surface area contributed by atoms with Crippen molar-refractivity contribution in [3.8, 4) is 5.75 Å². The van der Waals surface area contributed by atoms with Crippen molar-refractivity contribution in [3.05, 3.63) is 105 Å². The first-order valence-electron chi connectivity index (χ1n) is 11.8. The first kappa shape index (κ1) is 26.1. The summed E-state index contributed by atoms with van der Waals surface area (Å²) in [4.78, 5) is 25.3. The highest BCUT2D eigenvalue weighted by Gasteiger charge is 2.50. The highest BCUT2D eigenvalue weighted by molar-refractivity contribution is 7.97. The number of hydrogen-bond donors (Lipinski definition) is 0. The third-order valence-electron chi connectivity index (χ3n) is 6.13. The molecule has 0 bridgehead atoms. The number of benzene rings is 3. The van der Waals surface area contributed by atoms with E-state index in [0.717, 1.165) is 5.56 Å². The molecule has 0 spiro atoms. The number of amides is 1. The lowest BCUT2D eigenvalue weighted by Crippen LogP contribution is -2.29. The molecule has 1 amide bonds. The van der Waals surface area contributed by atoms with E-state index in [9.17, 15) is 23.3 Å². The molecule has 3 aromatic rings. The Hall–Kier alpha value is -3.98. The van der Waals surface area contributed by atoms with Crippen molar-refractivity contribution in [2.45, 2.75) is 38.5 Å². The molecule has 1 aliphatic rings. The van der Waals surface area contributed by atoms with Gasteiger partial charge in [-0.1, -0.05) is 57.2 Å². The lowest BCUT2D eigenvalue weighted by atomic mass is 9.87. The molecule has 1 saturated heterocycles. The Morgan fingerprint density at radius 3 is 2.24 bits per heavy atom. The van der Waals surface area contributed by atoms with Gasteiger partial charge in [0.2, 0.25) is 9.84 Å². The number of rotatable bonds is 6. The lowest BCUT2D eigenvalue weighted by Gasteiger charge is -2.23. The summed E-state index contributed by atoms with van der Waals surface area (Å²) in [5, 5.41) is 9.94. The van der Waals surface area contributed by atoms with Crippen molar-refractivity contribution >= 4 is 33.2 Å². The standard InChI is InChI=1S/C28H28N2O6S/c1-5-36-24-15-13-22(14-16-24)29-26(31)25(17-19-9-11-21(12-10-19)28(2,3)4)37(34,35)27(29)20-7-6-8-23(18-20)30(32)33/h6-18,27H,5H2,1-4H3/b25-17+. The highest BCUT2D eigenvalue weighted by atomic mass is 32.2. The van der Waals surface area contributed by atoms with Crippen molar-refractivity contribution in [1.29, 1.82) is 0 Å². The molecule has 1 unspecified atom stereocenters. The Morgan fingerprint density at radius 1 is 1.03 bits per heavy atom. The van der Waals surface area contributed by atoms with Gasteiger partial charge < -0.3 is 4.74 Å². The predicted octanol–water partition coefficient (Wildman–Crippen LogP) is 5.79. The zero-order valence-electron chi connectivity index (χ0n) is 21.0. The van der Waals surface area contributed by atoms with Crippen molar-refractivity contribution < 1.29 is 22.9 Å². The van der Waals surface area contributed by atoms with Gasteiger partial charge in [-0.3, -0.25) is 19.8 Å². The molecular weight excluding hydrogens is 492 g/mol. The van der Waals surface area contributed by atoms with Crippen LogP contribution in [-0.4, -0.2) is 25.9 Å². The van der Waals surface area contributed by atoms with Gasteiger partial charge in [0.05, 0.1) is 11.5 Å². The number of nitro groups is 1. The molecule has 8 nitrogen and oxygen atoms in total. The van der Waals surface area contributed by atoms with Gasteiger partial charge in [-0.2, -0.15) is 0 Å². The summed E-state index contributed by atoms with van der Waals surface area (Å²) < 4.78 is 33.2. The Bertz CT molecular complexity index is 1470. The molecule has 1 heterocycles. The summed E-state index contributed by atoms with van der Waals surface area (Å²) in [5.74, 6) is -0.136. The van der Waals surface area contributed by atoms with Crippen LogP contribution in [0.2, 0.25) is 0 Å². The highest BCUT2D eigenvalue weighted by Crippen LogP contribution is 2.44. The number of carbonyl (C=O) groups is 1. The summed E-state index contributed by atoms with van der Waals surface area (Å²) in [7, 11) is -4.24. The second-order valence-corrected chi connectivity index (χ2v) is 11.7. The number of anilines is 1. The molecule has 192 valence electrons. The Labute approximate surface area is 216 Å². The van der Waals surface area contributed by atoms with E-state index in [0.29, 0.717) is 23.6 Å². The van der Waals surface area contributed by atoms with Crippen LogP contribution in [-0.2, 0) is 20.0 Å². The molecule has 0 saturated carbocycles. The molecule has 1 fully saturated rings. The molecule has 1 atom stereocenters. The van der Waals surface area contributed by atoms with Crippen LogP contribution in [0.4, 0.5) is 11.4 Å². The average molecular weight is 521 g/mol. The molecule has 37 heavy (non-hydrogen) atoms. The molecule has 0 radical (unpaired) electrons. The van der Waals surface area contributed by atoms with Gasteiger partial charge in [-0.25, -0.2) is 8.42 Å². The largest absolute Gasteiger partial charge is 0.494 e. The van der Waals surface area contributed by atoms with E-state index in [-0.39, 0.29) is 21.6 Å². The first-order valence-corrected chi connectivity index (χ1v) is 13.3. The first-order chi connectivity index (χ1) is 17.4.